The molecule has 0 saturated carbocycles. The summed E-state index contributed by atoms with van der Waals surface area (Å²) in [6.07, 6.45) is -0.00445. The van der Waals surface area contributed by atoms with Crippen LogP contribution in [0.3, 0.4) is 0 Å². The van der Waals surface area contributed by atoms with Crippen molar-refractivity contribution in [3.05, 3.63) is 41.2 Å². The molecule has 1 amide bonds. The van der Waals surface area contributed by atoms with Crippen LogP contribution >= 0.6 is 0 Å². The molecular formula is C19H21F3N4O3. The van der Waals surface area contributed by atoms with Crippen molar-refractivity contribution in [3.8, 4) is 5.75 Å². The third kappa shape index (κ3) is 4.36. The number of nitrogens with zero attached hydrogens (tertiary/aromatic N) is 4. The zero-order chi connectivity index (χ0) is 20.4. The van der Waals surface area contributed by atoms with Gasteiger partial charge >= 0.3 is 12.1 Å². The van der Waals surface area contributed by atoms with E-state index >= 15 is 0 Å². The van der Waals surface area contributed by atoms with Gasteiger partial charge in [-0.15, -0.1) is 5.10 Å². The minimum absolute atomic E-state index is 0.0322. The molecule has 3 heterocycles. The number of carbonyl (C=O) groups excluding carboxylic acids is 1. The first-order valence-electron chi connectivity index (χ1n) is 9.53. The van der Waals surface area contributed by atoms with Crippen molar-refractivity contribution in [3.63, 3.8) is 0 Å². The molecule has 2 aliphatic rings. The maximum atomic E-state index is 12.6. The van der Waals surface area contributed by atoms with E-state index in [1.165, 1.54) is 0 Å². The average Bonchev–Trinajstić information content (AvgIpc) is 3.20. The van der Waals surface area contributed by atoms with Crippen LogP contribution in [-0.2, 0) is 29.1 Å². The Kier molecular flexibility index (Phi) is 5.44. The monoisotopic (exact) mass is 410 g/mol. The molecule has 7 nitrogen and oxygen atoms in total. The highest BCUT2D eigenvalue weighted by Crippen LogP contribution is 2.28. The molecule has 4 rings (SSSR count). The second kappa shape index (κ2) is 8.02. The van der Waals surface area contributed by atoms with E-state index < -0.39 is 12.1 Å². The number of alkyl halides is 3. The van der Waals surface area contributed by atoms with Gasteiger partial charge in [-0.25, -0.2) is 4.68 Å². The molecule has 1 atom stereocenters. The van der Waals surface area contributed by atoms with Crippen molar-refractivity contribution in [1.82, 2.24) is 19.9 Å². The third-order valence-corrected chi connectivity index (χ3v) is 5.18. The standard InChI is InChI=1S/C19H21F3N4O3/c20-19(21,22)18(27)25-7-6-13-9-16(5-4-14(13)11-25)29-12-15-10-23-24-26(15)17-3-1-2-8-28-17/h4-5,9-10,17H,1-3,6-8,11-12H2. The predicted octanol–water partition coefficient (Wildman–Crippen LogP) is 3.00. The van der Waals surface area contributed by atoms with Crippen molar-refractivity contribution in [2.24, 2.45) is 0 Å². The number of halogens is 3. The van der Waals surface area contributed by atoms with Crippen LogP contribution in [0.25, 0.3) is 0 Å². The molecule has 29 heavy (non-hydrogen) atoms. The van der Waals surface area contributed by atoms with Crippen LogP contribution in [0, 0.1) is 0 Å². The van der Waals surface area contributed by atoms with Crippen LogP contribution in [0.15, 0.2) is 24.4 Å². The zero-order valence-electron chi connectivity index (χ0n) is 15.7. The van der Waals surface area contributed by atoms with Crippen molar-refractivity contribution >= 4 is 5.91 Å². The Morgan fingerprint density at radius 3 is 2.90 bits per heavy atom. The van der Waals surface area contributed by atoms with Gasteiger partial charge in [-0.3, -0.25) is 4.79 Å². The number of hydrogen-bond donors (Lipinski definition) is 0. The highest BCUT2D eigenvalue weighted by molar-refractivity contribution is 5.82. The molecule has 1 aromatic heterocycles. The summed E-state index contributed by atoms with van der Waals surface area (Å²) in [6.45, 7) is 0.933. The summed E-state index contributed by atoms with van der Waals surface area (Å²) in [4.78, 5) is 12.3. The average molecular weight is 410 g/mol. The van der Waals surface area contributed by atoms with E-state index in [0.717, 1.165) is 35.4 Å². The number of ether oxygens (including phenoxy) is 2. The second-order valence-electron chi connectivity index (χ2n) is 7.18. The first kappa shape index (κ1) is 19.7. The molecule has 1 aromatic carbocycles. The van der Waals surface area contributed by atoms with Crippen LogP contribution in [0.5, 0.6) is 5.75 Å². The van der Waals surface area contributed by atoms with Crippen LogP contribution in [0.4, 0.5) is 13.2 Å². The molecule has 2 aliphatic heterocycles. The van der Waals surface area contributed by atoms with E-state index in [1.54, 1.807) is 23.0 Å². The van der Waals surface area contributed by atoms with Gasteiger partial charge in [0, 0.05) is 19.7 Å². The van der Waals surface area contributed by atoms with Gasteiger partial charge in [0.2, 0.25) is 0 Å². The number of fused-ring (bicyclic) bond motifs is 1. The number of amides is 1. The quantitative estimate of drug-likeness (QED) is 0.775. The molecule has 1 unspecified atom stereocenters. The van der Waals surface area contributed by atoms with Crippen LogP contribution in [0.1, 0.15) is 42.3 Å². The minimum Gasteiger partial charge on any atom is -0.487 e. The topological polar surface area (TPSA) is 69.5 Å². The smallest absolute Gasteiger partial charge is 0.471 e. The Hall–Kier alpha value is -2.62. The number of hydrogen-bond acceptors (Lipinski definition) is 5. The SMILES string of the molecule is O=C(N1CCc2cc(OCc3cnnn3C3CCCCO3)ccc2C1)C(F)(F)F. The first-order chi connectivity index (χ1) is 13.9. The van der Waals surface area contributed by atoms with Gasteiger partial charge in [-0.05, 0) is 48.9 Å². The first-order valence-corrected chi connectivity index (χ1v) is 9.53. The Morgan fingerprint density at radius 1 is 1.28 bits per heavy atom. The maximum Gasteiger partial charge on any atom is 0.471 e. The highest BCUT2D eigenvalue weighted by atomic mass is 19.4. The lowest BCUT2D eigenvalue weighted by Gasteiger charge is -2.29. The fourth-order valence-corrected chi connectivity index (χ4v) is 3.66. The molecule has 0 bridgehead atoms. The third-order valence-electron chi connectivity index (χ3n) is 5.18. The fourth-order valence-electron chi connectivity index (χ4n) is 3.66. The summed E-state index contributed by atoms with van der Waals surface area (Å²) in [5.74, 6) is -1.19. The Morgan fingerprint density at radius 2 is 2.14 bits per heavy atom. The fraction of sp³-hybridized carbons (Fsp3) is 0.526. The van der Waals surface area contributed by atoms with Crippen LogP contribution < -0.4 is 4.74 Å². The van der Waals surface area contributed by atoms with Gasteiger partial charge in [0.25, 0.3) is 0 Å². The van der Waals surface area contributed by atoms with Crippen LogP contribution in [-0.4, -0.2) is 45.1 Å². The number of carbonyl (C=O) groups is 1. The Bertz CT molecular complexity index is 878. The molecule has 2 aromatic rings. The molecule has 0 spiro atoms. The maximum absolute atomic E-state index is 12.6. The van der Waals surface area contributed by atoms with E-state index in [9.17, 15) is 18.0 Å². The van der Waals surface area contributed by atoms with E-state index in [0.29, 0.717) is 24.3 Å². The lowest BCUT2D eigenvalue weighted by Crippen LogP contribution is -2.43. The molecule has 156 valence electrons. The van der Waals surface area contributed by atoms with Gasteiger partial charge in [0.15, 0.2) is 6.23 Å². The van der Waals surface area contributed by atoms with Gasteiger partial charge in [-0.1, -0.05) is 11.3 Å². The molecule has 1 saturated heterocycles. The lowest BCUT2D eigenvalue weighted by molar-refractivity contribution is -0.186. The molecule has 0 N–H and O–H groups in total. The van der Waals surface area contributed by atoms with E-state index in [1.807, 2.05) is 6.07 Å². The minimum atomic E-state index is -4.85. The number of benzene rings is 1. The van der Waals surface area contributed by atoms with Crippen molar-refractivity contribution in [2.75, 3.05) is 13.2 Å². The van der Waals surface area contributed by atoms with Crippen molar-refractivity contribution < 1.29 is 27.4 Å². The second-order valence-corrected chi connectivity index (χ2v) is 7.18. The summed E-state index contributed by atoms with van der Waals surface area (Å²) < 4.78 is 51.3. The van der Waals surface area contributed by atoms with E-state index in [-0.39, 0.29) is 25.9 Å². The summed E-state index contributed by atoms with van der Waals surface area (Å²) in [7, 11) is 0. The highest BCUT2D eigenvalue weighted by Gasteiger charge is 2.43. The van der Waals surface area contributed by atoms with Gasteiger partial charge in [-0.2, -0.15) is 13.2 Å². The molecular weight excluding hydrogens is 389 g/mol. The van der Waals surface area contributed by atoms with Gasteiger partial charge < -0.3 is 14.4 Å². The molecule has 1 fully saturated rings. The lowest BCUT2D eigenvalue weighted by atomic mass is 9.99. The Balaban J connectivity index is 1.40. The van der Waals surface area contributed by atoms with Gasteiger partial charge in [0.1, 0.15) is 12.4 Å². The molecule has 0 radical (unpaired) electrons. The normalized spacial score (nSPS) is 19.7. The summed E-state index contributed by atoms with van der Waals surface area (Å²) in [5.41, 5.74) is 2.37. The summed E-state index contributed by atoms with van der Waals surface area (Å²) in [5, 5.41) is 8.05. The van der Waals surface area contributed by atoms with E-state index in [2.05, 4.69) is 10.3 Å². The number of aromatic nitrogens is 3. The van der Waals surface area contributed by atoms with Crippen molar-refractivity contribution in [2.45, 2.75) is 51.2 Å². The summed E-state index contributed by atoms with van der Waals surface area (Å²) in [6, 6.07) is 5.22. The zero-order valence-corrected chi connectivity index (χ0v) is 15.7. The number of rotatable bonds is 4. The summed E-state index contributed by atoms with van der Waals surface area (Å²) >= 11 is 0. The van der Waals surface area contributed by atoms with Crippen LogP contribution in [0.2, 0.25) is 0 Å². The molecule has 0 aliphatic carbocycles. The van der Waals surface area contributed by atoms with Crippen molar-refractivity contribution in [1.29, 1.82) is 0 Å². The predicted molar refractivity (Wildman–Crippen MR) is 94.8 cm³/mol. The Labute approximate surface area is 165 Å². The molecule has 10 heteroatoms. The van der Waals surface area contributed by atoms with Gasteiger partial charge in [0.05, 0.1) is 11.9 Å². The largest absolute Gasteiger partial charge is 0.487 e. The van der Waals surface area contributed by atoms with E-state index in [4.69, 9.17) is 9.47 Å².